The van der Waals surface area contributed by atoms with Gasteiger partial charge in [0.15, 0.2) is 11.5 Å². The Morgan fingerprint density at radius 2 is 2.11 bits per heavy atom. The van der Waals surface area contributed by atoms with Crippen LogP contribution >= 0.6 is 11.6 Å². The maximum absolute atomic E-state index is 6.49. The minimum Gasteiger partial charge on any atom is -0.490 e. The molecule has 2 aliphatic rings. The number of fused-ring (bicyclic) bond motifs is 1. The van der Waals surface area contributed by atoms with Crippen LogP contribution in [0.25, 0.3) is 0 Å². The number of rotatable bonds is 2. The summed E-state index contributed by atoms with van der Waals surface area (Å²) in [6, 6.07) is 4.09. The van der Waals surface area contributed by atoms with Crippen molar-refractivity contribution >= 4 is 11.6 Å². The van der Waals surface area contributed by atoms with Crippen LogP contribution in [0.5, 0.6) is 11.5 Å². The van der Waals surface area contributed by atoms with Gasteiger partial charge in [-0.05, 0) is 49.9 Å². The van der Waals surface area contributed by atoms with E-state index >= 15 is 0 Å². The zero-order chi connectivity index (χ0) is 13.1. The van der Waals surface area contributed by atoms with Crippen LogP contribution in [0.4, 0.5) is 0 Å². The van der Waals surface area contributed by atoms with Crippen LogP contribution < -0.4 is 14.8 Å². The largest absolute Gasteiger partial charge is 0.490 e. The molecule has 1 aromatic carbocycles. The van der Waals surface area contributed by atoms with Crippen molar-refractivity contribution in [2.24, 2.45) is 5.92 Å². The molecule has 3 nitrogen and oxygen atoms in total. The molecule has 0 spiro atoms. The van der Waals surface area contributed by atoms with Gasteiger partial charge in [0.1, 0.15) is 0 Å². The molecule has 4 heteroatoms. The number of ether oxygens (including phenoxy) is 2. The van der Waals surface area contributed by atoms with E-state index in [0.29, 0.717) is 19.1 Å². The summed E-state index contributed by atoms with van der Waals surface area (Å²) in [5.41, 5.74) is 1.18. The second-order valence-electron chi connectivity index (χ2n) is 5.33. The van der Waals surface area contributed by atoms with Gasteiger partial charge in [-0.25, -0.2) is 0 Å². The van der Waals surface area contributed by atoms with Gasteiger partial charge in [0.2, 0.25) is 0 Å². The minimum atomic E-state index is 0.677. The number of hydrogen-bond acceptors (Lipinski definition) is 3. The molecule has 1 saturated heterocycles. The molecule has 3 rings (SSSR count). The quantitative estimate of drug-likeness (QED) is 0.904. The predicted molar refractivity (Wildman–Crippen MR) is 76.4 cm³/mol. The van der Waals surface area contributed by atoms with E-state index in [4.69, 9.17) is 21.1 Å². The van der Waals surface area contributed by atoms with Gasteiger partial charge in [-0.1, -0.05) is 17.7 Å². The van der Waals surface area contributed by atoms with Gasteiger partial charge in [0.25, 0.3) is 0 Å². The van der Waals surface area contributed by atoms with E-state index in [9.17, 15) is 0 Å². The van der Waals surface area contributed by atoms with Crippen LogP contribution in [-0.4, -0.2) is 26.3 Å². The van der Waals surface area contributed by atoms with Gasteiger partial charge in [-0.2, -0.15) is 0 Å². The molecular formula is C15H20ClNO2. The van der Waals surface area contributed by atoms with Crippen LogP contribution in [-0.2, 0) is 6.42 Å². The summed E-state index contributed by atoms with van der Waals surface area (Å²) in [6.07, 6.45) is 4.46. The van der Waals surface area contributed by atoms with Crippen LogP contribution in [0.3, 0.4) is 0 Å². The first-order chi connectivity index (χ1) is 9.34. The molecule has 0 radical (unpaired) electrons. The summed E-state index contributed by atoms with van der Waals surface area (Å²) in [5, 5.41) is 4.19. The molecule has 0 bridgehead atoms. The van der Waals surface area contributed by atoms with Crippen molar-refractivity contribution in [3.8, 4) is 11.5 Å². The van der Waals surface area contributed by atoms with Crippen LogP contribution in [0.2, 0.25) is 5.02 Å². The van der Waals surface area contributed by atoms with Crippen molar-refractivity contribution in [1.29, 1.82) is 0 Å². The van der Waals surface area contributed by atoms with E-state index in [0.717, 1.165) is 42.5 Å². The molecule has 1 aromatic rings. The highest BCUT2D eigenvalue weighted by atomic mass is 35.5. The summed E-state index contributed by atoms with van der Waals surface area (Å²) in [6.45, 7) is 3.62. The highest BCUT2D eigenvalue weighted by molar-refractivity contribution is 6.33. The third kappa shape index (κ3) is 2.98. The first-order valence-electron chi connectivity index (χ1n) is 7.12. The molecule has 1 N–H and O–H groups in total. The molecule has 0 saturated carbocycles. The number of hydrogen-bond donors (Lipinski definition) is 1. The smallest absolute Gasteiger partial charge is 0.180 e. The third-order valence-electron chi connectivity index (χ3n) is 3.84. The van der Waals surface area contributed by atoms with E-state index in [1.54, 1.807) is 0 Å². The van der Waals surface area contributed by atoms with E-state index in [1.165, 1.54) is 18.4 Å². The Hall–Kier alpha value is -0.930. The first kappa shape index (κ1) is 13.1. The maximum atomic E-state index is 6.49. The minimum absolute atomic E-state index is 0.677. The summed E-state index contributed by atoms with van der Waals surface area (Å²) in [7, 11) is 0. The molecule has 2 heterocycles. The number of halogens is 1. The lowest BCUT2D eigenvalue weighted by Crippen LogP contribution is -2.30. The Bertz CT molecular complexity index is 444. The molecule has 0 aliphatic carbocycles. The van der Waals surface area contributed by atoms with Crippen LogP contribution in [0.1, 0.15) is 24.8 Å². The average molecular weight is 282 g/mol. The topological polar surface area (TPSA) is 30.5 Å². The Morgan fingerprint density at radius 1 is 1.21 bits per heavy atom. The first-order valence-corrected chi connectivity index (χ1v) is 7.50. The van der Waals surface area contributed by atoms with Gasteiger partial charge in [0, 0.05) is 6.42 Å². The third-order valence-corrected chi connectivity index (χ3v) is 4.26. The van der Waals surface area contributed by atoms with E-state index in [2.05, 4.69) is 11.4 Å². The molecule has 1 atom stereocenters. The van der Waals surface area contributed by atoms with Crippen molar-refractivity contribution in [3.05, 3.63) is 22.7 Å². The molecule has 1 unspecified atom stereocenters. The Morgan fingerprint density at radius 3 is 2.95 bits per heavy atom. The number of piperidine rings is 1. The van der Waals surface area contributed by atoms with Gasteiger partial charge < -0.3 is 14.8 Å². The highest BCUT2D eigenvalue weighted by Gasteiger charge is 2.20. The number of nitrogens with one attached hydrogen (secondary N) is 1. The Labute approximate surface area is 119 Å². The van der Waals surface area contributed by atoms with E-state index in [-0.39, 0.29) is 0 Å². The van der Waals surface area contributed by atoms with E-state index in [1.807, 2.05) is 6.07 Å². The monoisotopic (exact) mass is 281 g/mol. The molecule has 104 valence electrons. The zero-order valence-corrected chi connectivity index (χ0v) is 11.8. The molecular weight excluding hydrogens is 262 g/mol. The van der Waals surface area contributed by atoms with Gasteiger partial charge in [-0.3, -0.25) is 0 Å². The van der Waals surface area contributed by atoms with Crippen LogP contribution in [0.15, 0.2) is 12.1 Å². The normalized spacial score (nSPS) is 22.9. The van der Waals surface area contributed by atoms with E-state index < -0.39 is 0 Å². The lowest BCUT2D eigenvalue weighted by atomic mass is 9.92. The Balaban J connectivity index is 1.80. The fourth-order valence-electron chi connectivity index (χ4n) is 2.81. The van der Waals surface area contributed by atoms with Crippen molar-refractivity contribution in [2.45, 2.75) is 25.7 Å². The number of benzene rings is 1. The molecule has 19 heavy (non-hydrogen) atoms. The predicted octanol–water partition coefficient (Wildman–Crippen LogP) is 3.04. The molecule has 0 aromatic heterocycles. The fraction of sp³-hybridized carbons (Fsp3) is 0.600. The summed E-state index contributed by atoms with van der Waals surface area (Å²) >= 11 is 6.49. The van der Waals surface area contributed by atoms with Crippen molar-refractivity contribution in [3.63, 3.8) is 0 Å². The van der Waals surface area contributed by atoms with Crippen molar-refractivity contribution in [1.82, 2.24) is 5.32 Å². The fourth-order valence-corrected chi connectivity index (χ4v) is 3.10. The van der Waals surface area contributed by atoms with Gasteiger partial charge in [-0.15, -0.1) is 0 Å². The SMILES string of the molecule is Clc1c(CC2CCCNC2)ccc2c1OCCCO2. The van der Waals surface area contributed by atoms with Crippen molar-refractivity contribution < 1.29 is 9.47 Å². The molecule has 0 amide bonds. The molecule has 2 aliphatic heterocycles. The lowest BCUT2D eigenvalue weighted by molar-refractivity contribution is 0.297. The lowest BCUT2D eigenvalue weighted by Gasteiger charge is -2.23. The summed E-state index contributed by atoms with van der Waals surface area (Å²) in [4.78, 5) is 0. The van der Waals surface area contributed by atoms with Gasteiger partial charge >= 0.3 is 0 Å². The Kier molecular flexibility index (Phi) is 4.14. The maximum Gasteiger partial charge on any atom is 0.180 e. The zero-order valence-electron chi connectivity index (χ0n) is 11.1. The van der Waals surface area contributed by atoms with Gasteiger partial charge in [0.05, 0.1) is 18.2 Å². The summed E-state index contributed by atoms with van der Waals surface area (Å²) < 4.78 is 11.4. The molecule has 1 fully saturated rings. The van der Waals surface area contributed by atoms with Crippen LogP contribution in [0, 0.1) is 5.92 Å². The summed E-state index contributed by atoms with van der Waals surface area (Å²) in [5.74, 6) is 2.20. The van der Waals surface area contributed by atoms with Crippen molar-refractivity contribution in [2.75, 3.05) is 26.3 Å². The standard InChI is InChI=1S/C15H20ClNO2/c16-14-12(9-11-3-1-6-17-10-11)4-5-13-15(14)19-8-2-7-18-13/h4-5,11,17H,1-3,6-10H2. The highest BCUT2D eigenvalue weighted by Crippen LogP contribution is 2.40. The second kappa shape index (κ2) is 6.02. The average Bonchev–Trinajstić information content (AvgIpc) is 2.69. The second-order valence-corrected chi connectivity index (χ2v) is 5.71.